The van der Waals surface area contributed by atoms with Crippen molar-refractivity contribution in [3.8, 4) is 0 Å². The lowest BCUT2D eigenvalue weighted by Gasteiger charge is -2.10. The van der Waals surface area contributed by atoms with Crippen molar-refractivity contribution in [3.63, 3.8) is 0 Å². The van der Waals surface area contributed by atoms with Gasteiger partial charge in [0, 0.05) is 17.3 Å². The van der Waals surface area contributed by atoms with Crippen molar-refractivity contribution in [2.24, 2.45) is 0 Å². The number of para-hydroxylation sites is 1. The van der Waals surface area contributed by atoms with Gasteiger partial charge in [0.25, 0.3) is 5.56 Å². The SMILES string of the molecule is C=C(Cl)CSc1nc2ccccc2c(=O)n1CC. The van der Waals surface area contributed by atoms with Gasteiger partial charge in [-0.15, -0.1) is 0 Å². The average molecular weight is 281 g/mol. The predicted molar refractivity (Wildman–Crippen MR) is 77.4 cm³/mol. The summed E-state index contributed by atoms with van der Waals surface area (Å²) in [6, 6.07) is 7.36. The first-order chi connectivity index (χ1) is 8.63. The second-order valence-corrected chi connectivity index (χ2v) is 5.24. The van der Waals surface area contributed by atoms with Gasteiger partial charge in [0.15, 0.2) is 5.16 Å². The molecule has 1 aromatic carbocycles. The number of benzene rings is 1. The van der Waals surface area contributed by atoms with Crippen molar-refractivity contribution in [2.45, 2.75) is 18.6 Å². The van der Waals surface area contributed by atoms with Gasteiger partial charge in [-0.25, -0.2) is 4.98 Å². The Kier molecular flexibility index (Phi) is 4.09. The first-order valence-corrected chi connectivity index (χ1v) is 6.95. The van der Waals surface area contributed by atoms with E-state index in [1.807, 2.05) is 25.1 Å². The third-order valence-corrected chi connectivity index (χ3v) is 3.86. The molecule has 0 aliphatic heterocycles. The highest BCUT2D eigenvalue weighted by molar-refractivity contribution is 7.99. The fourth-order valence-electron chi connectivity index (χ4n) is 1.68. The van der Waals surface area contributed by atoms with Crippen LogP contribution in [0.15, 0.2) is 45.8 Å². The lowest BCUT2D eigenvalue weighted by Crippen LogP contribution is -2.22. The maximum Gasteiger partial charge on any atom is 0.262 e. The van der Waals surface area contributed by atoms with Crippen molar-refractivity contribution >= 4 is 34.3 Å². The Morgan fingerprint density at radius 3 is 2.89 bits per heavy atom. The molecule has 0 aliphatic carbocycles. The molecule has 0 N–H and O–H groups in total. The van der Waals surface area contributed by atoms with Gasteiger partial charge in [-0.1, -0.05) is 42.1 Å². The number of hydrogen-bond acceptors (Lipinski definition) is 3. The minimum atomic E-state index is -0.00853. The molecule has 18 heavy (non-hydrogen) atoms. The van der Waals surface area contributed by atoms with Crippen LogP contribution in [0.5, 0.6) is 0 Å². The van der Waals surface area contributed by atoms with Crippen molar-refractivity contribution in [2.75, 3.05) is 5.75 Å². The molecular weight excluding hydrogens is 268 g/mol. The van der Waals surface area contributed by atoms with E-state index < -0.39 is 0 Å². The van der Waals surface area contributed by atoms with Crippen LogP contribution in [-0.2, 0) is 6.54 Å². The molecule has 0 atom stereocenters. The Bertz CT molecular complexity index is 651. The minimum Gasteiger partial charge on any atom is -0.287 e. The number of halogens is 1. The van der Waals surface area contributed by atoms with E-state index in [1.54, 1.807) is 10.6 Å². The summed E-state index contributed by atoms with van der Waals surface area (Å²) in [7, 11) is 0. The third-order valence-electron chi connectivity index (χ3n) is 2.50. The summed E-state index contributed by atoms with van der Waals surface area (Å²) in [6.45, 7) is 6.16. The van der Waals surface area contributed by atoms with E-state index in [0.717, 1.165) is 5.52 Å². The Balaban J connectivity index is 2.58. The van der Waals surface area contributed by atoms with Crippen molar-refractivity contribution in [3.05, 3.63) is 46.2 Å². The fourth-order valence-corrected chi connectivity index (χ4v) is 2.66. The molecule has 94 valence electrons. The van der Waals surface area contributed by atoms with Crippen LogP contribution in [-0.4, -0.2) is 15.3 Å². The summed E-state index contributed by atoms with van der Waals surface area (Å²) < 4.78 is 1.66. The highest BCUT2D eigenvalue weighted by Gasteiger charge is 2.09. The Hall–Kier alpha value is -1.26. The fraction of sp³-hybridized carbons (Fsp3) is 0.231. The zero-order chi connectivity index (χ0) is 13.1. The Morgan fingerprint density at radius 2 is 2.22 bits per heavy atom. The molecule has 5 heteroatoms. The molecule has 0 bridgehead atoms. The largest absolute Gasteiger partial charge is 0.287 e. The van der Waals surface area contributed by atoms with Crippen LogP contribution in [0.3, 0.4) is 0 Å². The van der Waals surface area contributed by atoms with E-state index in [-0.39, 0.29) is 5.56 Å². The van der Waals surface area contributed by atoms with Crippen LogP contribution in [0.25, 0.3) is 10.9 Å². The number of aromatic nitrogens is 2. The average Bonchev–Trinajstić information content (AvgIpc) is 2.36. The molecule has 0 amide bonds. The smallest absolute Gasteiger partial charge is 0.262 e. The Labute approximate surface area is 114 Å². The van der Waals surface area contributed by atoms with Gasteiger partial charge in [0.1, 0.15) is 0 Å². The maximum atomic E-state index is 12.3. The van der Waals surface area contributed by atoms with Gasteiger partial charge in [-0.2, -0.15) is 0 Å². The predicted octanol–water partition coefficient (Wildman–Crippen LogP) is 3.26. The molecule has 1 heterocycles. The van der Waals surface area contributed by atoms with Gasteiger partial charge in [0.05, 0.1) is 10.9 Å². The number of thioether (sulfide) groups is 1. The number of fused-ring (bicyclic) bond motifs is 1. The van der Waals surface area contributed by atoms with Crippen LogP contribution >= 0.6 is 23.4 Å². The quantitative estimate of drug-likeness (QED) is 0.637. The van der Waals surface area contributed by atoms with Crippen LogP contribution in [0.1, 0.15) is 6.92 Å². The molecular formula is C13H13ClN2OS. The van der Waals surface area contributed by atoms with E-state index >= 15 is 0 Å². The molecule has 0 unspecified atom stereocenters. The monoisotopic (exact) mass is 280 g/mol. The van der Waals surface area contributed by atoms with E-state index in [9.17, 15) is 4.79 Å². The molecule has 0 radical (unpaired) electrons. The summed E-state index contributed by atoms with van der Waals surface area (Å²) in [5.41, 5.74) is 0.709. The van der Waals surface area contributed by atoms with Crippen molar-refractivity contribution < 1.29 is 0 Å². The van der Waals surface area contributed by atoms with E-state index in [2.05, 4.69) is 11.6 Å². The second-order valence-electron chi connectivity index (χ2n) is 3.77. The van der Waals surface area contributed by atoms with E-state index in [4.69, 9.17) is 11.6 Å². The maximum absolute atomic E-state index is 12.3. The van der Waals surface area contributed by atoms with Gasteiger partial charge >= 0.3 is 0 Å². The standard InChI is InChI=1S/C13H13ClN2OS/c1-3-16-12(17)10-6-4-5-7-11(10)15-13(16)18-8-9(2)14/h4-7H,2-3,8H2,1H3. The van der Waals surface area contributed by atoms with Gasteiger partial charge in [0.2, 0.25) is 0 Å². The molecule has 2 rings (SSSR count). The molecule has 0 fully saturated rings. The number of hydrogen-bond donors (Lipinski definition) is 0. The van der Waals surface area contributed by atoms with Gasteiger partial charge in [-0.3, -0.25) is 9.36 Å². The summed E-state index contributed by atoms with van der Waals surface area (Å²) >= 11 is 7.18. The highest BCUT2D eigenvalue weighted by atomic mass is 35.5. The minimum absolute atomic E-state index is 0.00853. The molecule has 1 aromatic heterocycles. The molecule has 0 aliphatic rings. The first-order valence-electron chi connectivity index (χ1n) is 5.59. The topological polar surface area (TPSA) is 34.9 Å². The highest BCUT2D eigenvalue weighted by Crippen LogP contribution is 2.20. The molecule has 3 nitrogen and oxygen atoms in total. The zero-order valence-corrected chi connectivity index (χ0v) is 11.6. The molecule has 0 spiro atoms. The van der Waals surface area contributed by atoms with Crippen molar-refractivity contribution in [1.29, 1.82) is 0 Å². The van der Waals surface area contributed by atoms with Crippen LogP contribution in [0, 0.1) is 0 Å². The normalized spacial score (nSPS) is 10.8. The van der Waals surface area contributed by atoms with Gasteiger partial charge < -0.3 is 0 Å². The third kappa shape index (κ3) is 2.60. The Morgan fingerprint density at radius 1 is 1.50 bits per heavy atom. The van der Waals surface area contributed by atoms with E-state index in [1.165, 1.54) is 11.8 Å². The summed E-state index contributed by atoms with van der Waals surface area (Å²) in [5, 5.41) is 1.88. The van der Waals surface area contributed by atoms with Crippen LogP contribution in [0.4, 0.5) is 0 Å². The van der Waals surface area contributed by atoms with E-state index in [0.29, 0.717) is 27.9 Å². The summed E-state index contributed by atoms with van der Waals surface area (Å²) in [4.78, 5) is 16.8. The van der Waals surface area contributed by atoms with Crippen LogP contribution < -0.4 is 5.56 Å². The summed E-state index contributed by atoms with van der Waals surface area (Å²) in [5.74, 6) is 0.548. The lowest BCUT2D eigenvalue weighted by molar-refractivity contribution is 0.635. The van der Waals surface area contributed by atoms with Crippen LogP contribution in [0.2, 0.25) is 0 Å². The molecule has 0 saturated carbocycles. The van der Waals surface area contributed by atoms with Crippen molar-refractivity contribution in [1.82, 2.24) is 9.55 Å². The second kappa shape index (κ2) is 5.59. The molecule has 2 aromatic rings. The molecule has 0 saturated heterocycles. The lowest BCUT2D eigenvalue weighted by atomic mass is 10.2. The number of nitrogens with zero attached hydrogens (tertiary/aromatic N) is 2. The number of rotatable bonds is 4. The zero-order valence-electron chi connectivity index (χ0n) is 10.0. The first kappa shape index (κ1) is 13.2. The summed E-state index contributed by atoms with van der Waals surface area (Å²) in [6.07, 6.45) is 0. The van der Waals surface area contributed by atoms with Gasteiger partial charge in [-0.05, 0) is 19.1 Å².